The lowest BCUT2D eigenvalue weighted by Crippen LogP contribution is -1.84. The standard InChI is InChI=1S/C21H13FN8/c22-14-3-1-11(2-4-14)15-5-6-23-20-17(15)27-21(28-20)18-16-7-12(13-9-25-26-10-13)8-24-19(16)30-29-18/h1-10H,(H,25,26)(H,23,27,28)(H,24,29,30). The fraction of sp³-hybridized carbons (Fsp3) is 0. The number of aromatic amines is 3. The van der Waals surface area contributed by atoms with Crippen molar-refractivity contribution in [1.29, 1.82) is 0 Å². The van der Waals surface area contributed by atoms with Gasteiger partial charge in [0.05, 0.1) is 11.6 Å². The Kier molecular flexibility index (Phi) is 3.48. The fourth-order valence-electron chi connectivity index (χ4n) is 3.54. The topological polar surface area (TPSA) is 112 Å². The summed E-state index contributed by atoms with van der Waals surface area (Å²) in [5.74, 6) is 0.292. The first-order valence-electron chi connectivity index (χ1n) is 9.20. The van der Waals surface area contributed by atoms with E-state index in [1.165, 1.54) is 12.1 Å². The minimum absolute atomic E-state index is 0.282. The van der Waals surface area contributed by atoms with Gasteiger partial charge in [0.1, 0.15) is 17.0 Å². The van der Waals surface area contributed by atoms with Crippen LogP contribution in [0.15, 0.2) is 61.2 Å². The number of rotatable bonds is 3. The van der Waals surface area contributed by atoms with E-state index in [0.717, 1.165) is 27.6 Å². The molecule has 0 saturated heterocycles. The molecule has 3 N–H and O–H groups in total. The van der Waals surface area contributed by atoms with Gasteiger partial charge < -0.3 is 4.98 Å². The molecule has 0 amide bonds. The molecule has 6 aromatic rings. The summed E-state index contributed by atoms with van der Waals surface area (Å²) in [5, 5.41) is 15.0. The van der Waals surface area contributed by atoms with Crippen LogP contribution in [0.3, 0.4) is 0 Å². The van der Waals surface area contributed by atoms with Crippen LogP contribution < -0.4 is 0 Å². The predicted molar refractivity (Wildman–Crippen MR) is 110 cm³/mol. The first kappa shape index (κ1) is 16.5. The summed E-state index contributed by atoms with van der Waals surface area (Å²) in [5.41, 5.74) is 6.19. The zero-order valence-corrected chi connectivity index (χ0v) is 15.4. The maximum atomic E-state index is 13.3. The quantitative estimate of drug-likeness (QED) is 0.417. The normalized spacial score (nSPS) is 11.5. The molecule has 0 spiro atoms. The molecule has 0 atom stereocenters. The minimum atomic E-state index is -0.282. The molecule has 30 heavy (non-hydrogen) atoms. The number of halogens is 1. The second-order valence-corrected chi connectivity index (χ2v) is 6.83. The Morgan fingerprint density at radius 3 is 2.60 bits per heavy atom. The number of imidazole rings is 1. The molecule has 0 aliphatic carbocycles. The first-order valence-corrected chi connectivity index (χ1v) is 9.20. The molecule has 5 heterocycles. The van der Waals surface area contributed by atoms with Crippen LogP contribution in [0.25, 0.3) is 56.0 Å². The highest BCUT2D eigenvalue weighted by atomic mass is 19.1. The largest absolute Gasteiger partial charge is 0.321 e. The van der Waals surface area contributed by atoms with Crippen LogP contribution >= 0.6 is 0 Å². The predicted octanol–water partition coefficient (Wildman–Crippen LogP) is 4.09. The third-order valence-corrected chi connectivity index (χ3v) is 5.01. The number of hydrogen-bond donors (Lipinski definition) is 3. The van der Waals surface area contributed by atoms with Gasteiger partial charge >= 0.3 is 0 Å². The van der Waals surface area contributed by atoms with E-state index in [0.29, 0.717) is 28.3 Å². The van der Waals surface area contributed by atoms with E-state index in [1.54, 1.807) is 30.7 Å². The van der Waals surface area contributed by atoms with Crippen LogP contribution in [0, 0.1) is 5.82 Å². The summed E-state index contributed by atoms with van der Waals surface area (Å²) >= 11 is 0. The highest BCUT2D eigenvalue weighted by molar-refractivity contribution is 5.96. The monoisotopic (exact) mass is 396 g/mol. The number of pyridine rings is 2. The van der Waals surface area contributed by atoms with Crippen molar-refractivity contribution in [2.45, 2.75) is 0 Å². The fourth-order valence-corrected chi connectivity index (χ4v) is 3.54. The molecule has 1 aromatic carbocycles. The summed E-state index contributed by atoms with van der Waals surface area (Å²) in [7, 11) is 0. The number of nitrogens with one attached hydrogen (secondary N) is 3. The third-order valence-electron chi connectivity index (χ3n) is 5.01. The highest BCUT2D eigenvalue weighted by Gasteiger charge is 2.17. The van der Waals surface area contributed by atoms with E-state index in [2.05, 4.69) is 35.3 Å². The van der Waals surface area contributed by atoms with Gasteiger partial charge in [-0.3, -0.25) is 10.2 Å². The van der Waals surface area contributed by atoms with E-state index in [9.17, 15) is 4.39 Å². The molecule has 0 saturated carbocycles. The van der Waals surface area contributed by atoms with Crippen LogP contribution in [0.4, 0.5) is 4.39 Å². The van der Waals surface area contributed by atoms with E-state index in [4.69, 9.17) is 4.98 Å². The molecule has 0 fully saturated rings. The molecule has 9 heteroatoms. The Balaban J connectivity index is 1.52. The van der Waals surface area contributed by atoms with Crippen molar-refractivity contribution in [2.24, 2.45) is 0 Å². The van der Waals surface area contributed by atoms with Gasteiger partial charge in [-0.1, -0.05) is 12.1 Å². The van der Waals surface area contributed by atoms with Crippen molar-refractivity contribution in [3.8, 4) is 33.8 Å². The van der Waals surface area contributed by atoms with Gasteiger partial charge in [0.25, 0.3) is 0 Å². The van der Waals surface area contributed by atoms with Gasteiger partial charge in [0.15, 0.2) is 17.1 Å². The molecule has 0 aliphatic rings. The molecule has 144 valence electrons. The Bertz CT molecular complexity index is 1500. The molecule has 5 aromatic heterocycles. The van der Waals surface area contributed by atoms with Gasteiger partial charge in [-0.2, -0.15) is 10.2 Å². The number of fused-ring (bicyclic) bond motifs is 2. The second kappa shape index (κ2) is 6.31. The molecular formula is C21H13FN8. The van der Waals surface area contributed by atoms with Crippen LogP contribution in [0.2, 0.25) is 0 Å². The zero-order chi connectivity index (χ0) is 20.1. The Hall–Kier alpha value is -4.40. The van der Waals surface area contributed by atoms with Crippen molar-refractivity contribution in [3.05, 3.63) is 67.0 Å². The highest BCUT2D eigenvalue weighted by Crippen LogP contribution is 2.31. The van der Waals surface area contributed by atoms with Crippen LogP contribution in [-0.4, -0.2) is 40.3 Å². The first-order chi connectivity index (χ1) is 14.8. The van der Waals surface area contributed by atoms with Crippen LogP contribution in [0.1, 0.15) is 0 Å². The van der Waals surface area contributed by atoms with E-state index in [1.807, 2.05) is 18.3 Å². The van der Waals surface area contributed by atoms with Crippen molar-refractivity contribution in [3.63, 3.8) is 0 Å². The summed E-state index contributed by atoms with van der Waals surface area (Å²) in [4.78, 5) is 16.9. The Morgan fingerprint density at radius 1 is 0.867 bits per heavy atom. The summed E-state index contributed by atoms with van der Waals surface area (Å²) in [6.45, 7) is 0. The molecule has 0 aliphatic heterocycles. The summed E-state index contributed by atoms with van der Waals surface area (Å²) in [6, 6.07) is 10.2. The lowest BCUT2D eigenvalue weighted by atomic mass is 10.1. The zero-order valence-electron chi connectivity index (χ0n) is 15.4. The summed E-state index contributed by atoms with van der Waals surface area (Å²) < 4.78 is 13.3. The van der Waals surface area contributed by atoms with Gasteiger partial charge in [0, 0.05) is 35.3 Å². The molecule has 0 bridgehead atoms. The smallest absolute Gasteiger partial charge is 0.161 e. The van der Waals surface area contributed by atoms with E-state index < -0.39 is 0 Å². The molecule has 6 rings (SSSR count). The lowest BCUT2D eigenvalue weighted by molar-refractivity contribution is 0.628. The maximum Gasteiger partial charge on any atom is 0.161 e. The number of benzene rings is 1. The molecular weight excluding hydrogens is 383 g/mol. The molecule has 0 radical (unpaired) electrons. The second-order valence-electron chi connectivity index (χ2n) is 6.83. The number of aromatic nitrogens is 8. The van der Waals surface area contributed by atoms with Crippen molar-refractivity contribution < 1.29 is 4.39 Å². The van der Waals surface area contributed by atoms with Gasteiger partial charge in [-0.15, -0.1) is 0 Å². The average Bonchev–Trinajstić information content (AvgIpc) is 3.52. The van der Waals surface area contributed by atoms with Gasteiger partial charge in [-0.05, 0) is 29.8 Å². The van der Waals surface area contributed by atoms with Gasteiger partial charge in [-0.25, -0.2) is 19.3 Å². The summed E-state index contributed by atoms with van der Waals surface area (Å²) in [6.07, 6.45) is 7.01. The number of hydrogen-bond acceptors (Lipinski definition) is 5. The van der Waals surface area contributed by atoms with Crippen molar-refractivity contribution >= 4 is 22.2 Å². The SMILES string of the molecule is Fc1ccc(-c2ccnc3[nH]c(-c4n[nH]c5ncc(-c6cn[nH]c6)cc45)nc23)cc1. The van der Waals surface area contributed by atoms with E-state index >= 15 is 0 Å². The third kappa shape index (κ3) is 2.56. The van der Waals surface area contributed by atoms with Gasteiger partial charge in [0.2, 0.25) is 0 Å². The molecule has 8 nitrogen and oxygen atoms in total. The molecule has 0 unspecified atom stereocenters. The average molecular weight is 396 g/mol. The number of H-pyrrole nitrogens is 3. The Morgan fingerprint density at radius 2 is 1.77 bits per heavy atom. The minimum Gasteiger partial charge on any atom is -0.321 e. The number of nitrogens with zero attached hydrogens (tertiary/aromatic N) is 5. The van der Waals surface area contributed by atoms with Crippen LogP contribution in [-0.2, 0) is 0 Å². The maximum absolute atomic E-state index is 13.3. The van der Waals surface area contributed by atoms with E-state index in [-0.39, 0.29) is 5.82 Å². The van der Waals surface area contributed by atoms with Crippen LogP contribution in [0.5, 0.6) is 0 Å². The van der Waals surface area contributed by atoms with Crippen molar-refractivity contribution in [1.82, 2.24) is 40.3 Å². The Labute approximate surface area is 168 Å². The van der Waals surface area contributed by atoms with Crippen molar-refractivity contribution in [2.75, 3.05) is 0 Å². The lowest BCUT2D eigenvalue weighted by Gasteiger charge is -2.01.